The molecule has 2 heterocycles. The molecule has 2 atom stereocenters. The highest BCUT2D eigenvalue weighted by Crippen LogP contribution is 2.45. The van der Waals surface area contributed by atoms with Crippen LogP contribution in [0.1, 0.15) is 64.4 Å². The van der Waals surface area contributed by atoms with Crippen molar-refractivity contribution in [3.8, 4) is 5.75 Å². The third-order valence-corrected chi connectivity index (χ3v) is 6.79. The number of alkyl halides is 5. The second kappa shape index (κ2) is 10.4. The first-order chi connectivity index (χ1) is 17.1. The maximum absolute atomic E-state index is 13.4. The highest BCUT2D eigenvalue weighted by atomic mass is 19.4. The summed E-state index contributed by atoms with van der Waals surface area (Å²) in [4.78, 5) is 23.2. The molecule has 1 saturated carbocycles. The number of pyridine rings is 1. The van der Waals surface area contributed by atoms with E-state index < -0.39 is 42.7 Å². The second-order valence-corrected chi connectivity index (χ2v) is 9.80. The minimum absolute atomic E-state index is 0.0359. The maximum atomic E-state index is 13.4. The Morgan fingerprint density at radius 3 is 2.41 bits per heavy atom. The van der Waals surface area contributed by atoms with Gasteiger partial charge in [-0.05, 0) is 51.5 Å². The van der Waals surface area contributed by atoms with Crippen LogP contribution in [0.15, 0.2) is 28.5 Å². The summed E-state index contributed by atoms with van der Waals surface area (Å²) in [7, 11) is 1.49. The molecule has 0 spiro atoms. The predicted octanol–water partition coefficient (Wildman–Crippen LogP) is 5.51. The Balaban J connectivity index is 1.97. The minimum atomic E-state index is -4.69. The van der Waals surface area contributed by atoms with Crippen molar-refractivity contribution in [3.05, 3.63) is 29.2 Å². The zero-order valence-electron chi connectivity index (χ0n) is 21.8. The van der Waals surface area contributed by atoms with Crippen LogP contribution in [0.3, 0.4) is 0 Å². The molecule has 206 valence electrons. The van der Waals surface area contributed by atoms with Gasteiger partial charge in [0.25, 0.3) is 11.8 Å². The number of aliphatic imine (C=N–C) groups is 1. The van der Waals surface area contributed by atoms with Crippen molar-refractivity contribution in [1.29, 1.82) is 0 Å². The summed E-state index contributed by atoms with van der Waals surface area (Å²) in [6.07, 6.45) is -3.44. The number of allylic oxidation sites excluding steroid dienone is 1. The zero-order valence-corrected chi connectivity index (χ0v) is 21.8. The topological polar surface area (TPSA) is 76.1 Å². The van der Waals surface area contributed by atoms with Gasteiger partial charge >= 0.3 is 6.18 Å². The van der Waals surface area contributed by atoms with E-state index in [4.69, 9.17) is 9.47 Å². The van der Waals surface area contributed by atoms with Crippen LogP contribution in [0.25, 0.3) is 0 Å². The molecular weight excluding hydrogens is 499 g/mol. The number of halogens is 5. The molecule has 2 fully saturated rings. The summed E-state index contributed by atoms with van der Waals surface area (Å²) in [6.45, 7) is 6.87. The SMILES string of the molecule is CC/C(C)=C(/N=C(/C)OC)C(C)(NC(=O)c1cc(O[C@@H](C)C(F)(F)F)c(N2CC(F)(F)C2)cn1)C1CC1. The Morgan fingerprint density at radius 2 is 1.92 bits per heavy atom. The van der Waals surface area contributed by atoms with Crippen molar-refractivity contribution < 1.29 is 36.2 Å². The molecule has 0 radical (unpaired) electrons. The number of carbonyl (C=O) groups excluding carboxylic acids is 1. The fourth-order valence-electron chi connectivity index (χ4n) is 4.17. The smallest absolute Gasteiger partial charge is 0.425 e. The van der Waals surface area contributed by atoms with Gasteiger partial charge in [0.1, 0.15) is 11.4 Å². The molecule has 1 aliphatic heterocycles. The predicted molar refractivity (Wildman–Crippen MR) is 129 cm³/mol. The number of hydrogen-bond donors (Lipinski definition) is 1. The second-order valence-electron chi connectivity index (χ2n) is 9.80. The minimum Gasteiger partial charge on any atom is -0.484 e. The lowest BCUT2D eigenvalue weighted by atomic mass is 9.87. The van der Waals surface area contributed by atoms with E-state index in [9.17, 15) is 26.7 Å². The van der Waals surface area contributed by atoms with Gasteiger partial charge in [-0.2, -0.15) is 13.2 Å². The Morgan fingerprint density at radius 1 is 1.30 bits per heavy atom. The van der Waals surface area contributed by atoms with E-state index in [0.717, 1.165) is 42.5 Å². The molecule has 12 heteroatoms. The number of hydrogen-bond acceptors (Lipinski definition) is 6. The van der Waals surface area contributed by atoms with E-state index in [1.54, 1.807) is 6.92 Å². The fraction of sp³-hybridized carbons (Fsp3) is 0.640. The maximum Gasteiger partial charge on any atom is 0.425 e. The zero-order chi connectivity index (χ0) is 27.8. The average molecular weight is 533 g/mol. The summed E-state index contributed by atoms with van der Waals surface area (Å²) < 4.78 is 76.9. The van der Waals surface area contributed by atoms with Gasteiger partial charge in [-0.15, -0.1) is 0 Å². The standard InChI is InChI=1S/C25H33F5N4O3/c1-7-14(2)21(32-16(4)36-6)23(5,17-8-9-17)33-22(35)18-10-20(37-15(3)25(28,29)30)19(11-31-18)34-12-24(26,27)13-34/h10-11,15,17H,7-9,12-13H2,1-6H3,(H,33,35)/b21-14+,32-16-/t15-,23?/m0/s1. The number of methoxy groups -OCH3 is 1. The summed E-state index contributed by atoms with van der Waals surface area (Å²) in [5, 5.41) is 2.98. The Bertz CT molecular complexity index is 1080. The molecule has 7 nitrogen and oxygen atoms in total. The van der Waals surface area contributed by atoms with E-state index in [1.807, 2.05) is 20.8 Å². The Labute approximate surface area is 213 Å². The number of rotatable bonds is 9. The molecule has 37 heavy (non-hydrogen) atoms. The van der Waals surface area contributed by atoms with Gasteiger partial charge in [-0.1, -0.05) is 6.92 Å². The van der Waals surface area contributed by atoms with Crippen LogP contribution in [0.2, 0.25) is 0 Å². The van der Waals surface area contributed by atoms with Gasteiger partial charge in [-0.3, -0.25) is 4.79 Å². The molecule has 1 saturated heterocycles. The fourth-order valence-corrected chi connectivity index (χ4v) is 4.17. The van der Waals surface area contributed by atoms with Crippen molar-refractivity contribution in [2.75, 3.05) is 25.1 Å². The summed E-state index contributed by atoms with van der Waals surface area (Å²) in [5.41, 5.74) is 0.458. The molecule has 1 aromatic heterocycles. The summed E-state index contributed by atoms with van der Waals surface area (Å²) in [5.74, 6) is -3.46. The number of amides is 1. The van der Waals surface area contributed by atoms with Gasteiger partial charge in [-0.25, -0.2) is 18.8 Å². The molecule has 1 aliphatic carbocycles. The third kappa shape index (κ3) is 6.51. The first-order valence-electron chi connectivity index (χ1n) is 12.1. The molecule has 0 aromatic carbocycles. The highest BCUT2D eigenvalue weighted by molar-refractivity contribution is 5.94. The Hall–Kier alpha value is -2.92. The van der Waals surface area contributed by atoms with Crippen LogP contribution >= 0.6 is 0 Å². The lowest BCUT2D eigenvalue weighted by Gasteiger charge is -2.41. The lowest BCUT2D eigenvalue weighted by molar-refractivity contribution is -0.189. The van der Waals surface area contributed by atoms with E-state index in [0.29, 0.717) is 18.0 Å². The normalized spacial score (nSPS) is 20.8. The van der Waals surface area contributed by atoms with Crippen molar-refractivity contribution >= 4 is 17.5 Å². The number of ether oxygens (including phenoxy) is 2. The van der Waals surface area contributed by atoms with E-state index in [2.05, 4.69) is 15.3 Å². The quantitative estimate of drug-likeness (QED) is 0.258. The largest absolute Gasteiger partial charge is 0.484 e. The van der Waals surface area contributed by atoms with Crippen LogP contribution in [0.4, 0.5) is 27.6 Å². The van der Waals surface area contributed by atoms with Gasteiger partial charge < -0.3 is 19.7 Å². The third-order valence-electron chi connectivity index (χ3n) is 6.79. The first kappa shape index (κ1) is 28.6. The van der Waals surface area contributed by atoms with Gasteiger partial charge in [0.15, 0.2) is 12.0 Å². The monoisotopic (exact) mass is 532 g/mol. The molecule has 1 aromatic rings. The van der Waals surface area contributed by atoms with E-state index in [1.165, 1.54) is 7.11 Å². The van der Waals surface area contributed by atoms with Crippen molar-refractivity contribution in [3.63, 3.8) is 0 Å². The number of carbonyl (C=O) groups is 1. The van der Waals surface area contributed by atoms with Crippen molar-refractivity contribution in [2.45, 2.75) is 77.6 Å². The van der Waals surface area contributed by atoms with Crippen molar-refractivity contribution in [2.24, 2.45) is 10.9 Å². The van der Waals surface area contributed by atoms with Crippen LogP contribution in [0.5, 0.6) is 5.75 Å². The molecule has 1 unspecified atom stereocenters. The number of anilines is 1. The molecule has 3 rings (SSSR count). The summed E-state index contributed by atoms with van der Waals surface area (Å²) >= 11 is 0. The van der Waals surface area contributed by atoms with Crippen molar-refractivity contribution in [1.82, 2.24) is 10.3 Å². The number of nitrogens with zero attached hydrogens (tertiary/aromatic N) is 3. The van der Waals surface area contributed by atoms with E-state index in [-0.39, 0.29) is 23.0 Å². The summed E-state index contributed by atoms with van der Waals surface area (Å²) in [6, 6.07) is 1.07. The van der Waals surface area contributed by atoms with Gasteiger partial charge in [0, 0.05) is 13.0 Å². The molecule has 2 aliphatic rings. The first-order valence-corrected chi connectivity index (χ1v) is 12.1. The molecular formula is C25H33F5N4O3. The van der Waals surface area contributed by atoms with Crippen LogP contribution in [0, 0.1) is 5.92 Å². The van der Waals surface area contributed by atoms with Gasteiger partial charge in [0.05, 0.1) is 43.3 Å². The molecule has 0 bridgehead atoms. The van der Waals surface area contributed by atoms with Gasteiger partial charge in [0.2, 0.25) is 0 Å². The average Bonchev–Trinajstić information content (AvgIpc) is 3.65. The van der Waals surface area contributed by atoms with Crippen LogP contribution in [-0.4, -0.2) is 60.7 Å². The Kier molecular flexibility index (Phi) is 8.09. The number of nitrogens with one attached hydrogen (secondary N) is 1. The molecule has 1 N–H and O–H groups in total. The highest BCUT2D eigenvalue weighted by Gasteiger charge is 2.48. The van der Waals surface area contributed by atoms with E-state index >= 15 is 0 Å². The van der Waals surface area contributed by atoms with Crippen LogP contribution < -0.4 is 15.0 Å². The molecule has 1 amide bonds. The number of aromatic nitrogens is 1. The van der Waals surface area contributed by atoms with Crippen LogP contribution in [-0.2, 0) is 4.74 Å². The lowest BCUT2D eigenvalue weighted by Crippen LogP contribution is -2.56.